The largest absolute Gasteiger partial charge is 0.383 e. The molecule has 3 N–H and O–H groups in total. The van der Waals surface area contributed by atoms with Crippen molar-refractivity contribution in [2.75, 3.05) is 11.1 Å². The summed E-state index contributed by atoms with van der Waals surface area (Å²) >= 11 is 0. The van der Waals surface area contributed by atoms with Crippen LogP contribution in [0.4, 0.5) is 11.5 Å². The van der Waals surface area contributed by atoms with Crippen LogP contribution < -0.4 is 22.3 Å². The summed E-state index contributed by atoms with van der Waals surface area (Å²) in [6.07, 6.45) is 3.35. The first-order valence-corrected chi connectivity index (χ1v) is 7.68. The molecule has 118 valence electrons. The van der Waals surface area contributed by atoms with E-state index in [0.717, 1.165) is 23.8 Å². The molecule has 21 heavy (non-hydrogen) atoms. The zero-order chi connectivity index (χ0) is 15.7. The first-order chi connectivity index (χ1) is 9.82. The van der Waals surface area contributed by atoms with Crippen molar-refractivity contribution in [2.24, 2.45) is 18.9 Å². The molecule has 0 saturated heterocycles. The fraction of sp³-hybridized carbons (Fsp3) is 0.733. The number of hydrogen-bond donors (Lipinski definition) is 2. The lowest BCUT2D eigenvalue weighted by Crippen LogP contribution is -2.42. The van der Waals surface area contributed by atoms with E-state index < -0.39 is 0 Å². The molecule has 1 aromatic rings. The van der Waals surface area contributed by atoms with Gasteiger partial charge in [-0.3, -0.25) is 13.9 Å². The minimum Gasteiger partial charge on any atom is -0.383 e. The Hall–Kier alpha value is -1.72. The number of nitrogen functional groups attached to an aromatic ring is 1. The maximum absolute atomic E-state index is 12.3. The Labute approximate surface area is 125 Å². The van der Waals surface area contributed by atoms with Crippen molar-refractivity contribution >= 4 is 11.5 Å². The second kappa shape index (κ2) is 5.95. The van der Waals surface area contributed by atoms with E-state index in [1.165, 1.54) is 11.6 Å². The Morgan fingerprint density at radius 2 is 2.00 bits per heavy atom. The summed E-state index contributed by atoms with van der Waals surface area (Å²) in [5, 5.41) is 3.29. The Morgan fingerprint density at radius 3 is 2.52 bits per heavy atom. The van der Waals surface area contributed by atoms with Gasteiger partial charge in [0.15, 0.2) is 0 Å². The van der Waals surface area contributed by atoms with Gasteiger partial charge in [0.05, 0.1) is 0 Å². The molecule has 1 saturated carbocycles. The summed E-state index contributed by atoms with van der Waals surface area (Å²) in [6.45, 7) is 6.72. The molecule has 0 aromatic carbocycles. The van der Waals surface area contributed by atoms with E-state index in [9.17, 15) is 9.59 Å². The molecular formula is C15H26N4O2. The number of rotatable bonds is 4. The number of hydrogen-bond acceptors (Lipinski definition) is 4. The van der Waals surface area contributed by atoms with Crippen LogP contribution in [0.1, 0.15) is 40.0 Å². The number of anilines is 2. The zero-order valence-electron chi connectivity index (χ0n) is 13.3. The second-order valence-corrected chi connectivity index (χ2v) is 6.57. The molecule has 1 aliphatic carbocycles. The minimum absolute atomic E-state index is 0.255. The molecule has 2 unspecified atom stereocenters. The Balaban J connectivity index is 2.47. The molecule has 2 atom stereocenters. The highest BCUT2D eigenvalue weighted by Gasteiger charge is 2.26. The van der Waals surface area contributed by atoms with Gasteiger partial charge in [0.1, 0.15) is 11.5 Å². The first-order valence-electron chi connectivity index (χ1n) is 7.68. The van der Waals surface area contributed by atoms with E-state index in [2.05, 4.69) is 12.2 Å². The van der Waals surface area contributed by atoms with Crippen LogP contribution >= 0.6 is 0 Å². The maximum Gasteiger partial charge on any atom is 0.332 e. The molecule has 1 heterocycles. The van der Waals surface area contributed by atoms with Crippen molar-refractivity contribution in [3.8, 4) is 0 Å². The third kappa shape index (κ3) is 2.99. The minimum atomic E-state index is -0.351. The number of nitrogens with one attached hydrogen (secondary N) is 1. The second-order valence-electron chi connectivity index (χ2n) is 6.57. The molecule has 1 aliphatic rings. The SMILES string of the molecule is CC(C)Cn1c(N)c(NC2CCCC2C)c(=O)n(C)c1=O. The van der Waals surface area contributed by atoms with Crippen molar-refractivity contribution in [1.29, 1.82) is 0 Å². The summed E-state index contributed by atoms with van der Waals surface area (Å²) in [5.41, 5.74) is 5.80. The summed E-state index contributed by atoms with van der Waals surface area (Å²) in [7, 11) is 1.50. The molecule has 1 aromatic heterocycles. The first kappa shape index (κ1) is 15.7. The van der Waals surface area contributed by atoms with Gasteiger partial charge in [-0.15, -0.1) is 0 Å². The van der Waals surface area contributed by atoms with Crippen LogP contribution in [0.25, 0.3) is 0 Å². The molecule has 0 aliphatic heterocycles. The van der Waals surface area contributed by atoms with Gasteiger partial charge in [-0.1, -0.05) is 27.2 Å². The quantitative estimate of drug-likeness (QED) is 0.879. The lowest BCUT2D eigenvalue weighted by molar-refractivity contribution is 0.492. The average molecular weight is 294 g/mol. The number of nitrogens with two attached hydrogens (primary N) is 1. The van der Waals surface area contributed by atoms with Gasteiger partial charge >= 0.3 is 5.69 Å². The molecule has 1 fully saturated rings. The molecule has 0 spiro atoms. The van der Waals surface area contributed by atoms with Crippen molar-refractivity contribution in [3.63, 3.8) is 0 Å². The van der Waals surface area contributed by atoms with E-state index in [-0.39, 0.29) is 29.0 Å². The molecule has 6 heteroatoms. The smallest absolute Gasteiger partial charge is 0.332 e. The number of nitrogens with zero attached hydrogens (tertiary/aromatic N) is 2. The van der Waals surface area contributed by atoms with Gasteiger partial charge in [-0.25, -0.2) is 4.79 Å². The highest BCUT2D eigenvalue weighted by molar-refractivity contribution is 5.61. The van der Waals surface area contributed by atoms with Crippen LogP contribution in [0.15, 0.2) is 9.59 Å². The third-order valence-corrected chi connectivity index (χ3v) is 4.32. The van der Waals surface area contributed by atoms with Crippen LogP contribution in [0.2, 0.25) is 0 Å². The zero-order valence-corrected chi connectivity index (χ0v) is 13.3. The van der Waals surface area contributed by atoms with Crippen molar-refractivity contribution in [3.05, 3.63) is 20.8 Å². The predicted octanol–water partition coefficient (Wildman–Crippen LogP) is 1.39. The third-order valence-electron chi connectivity index (χ3n) is 4.32. The highest BCUT2D eigenvalue weighted by Crippen LogP contribution is 2.28. The summed E-state index contributed by atoms with van der Waals surface area (Å²) < 4.78 is 2.63. The Bertz CT molecular complexity index is 630. The van der Waals surface area contributed by atoms with E-state index >= 15 is 0 Å². The van der Waals surface area contributed by atoms with E-state index in [1.54, 1.807) is 0 Å². The topological polar surface area (TPSA) is 82.0 Å². The molecule has 0 amide bonds. The molecule has 0 radical (unpaired) electrons. The van der Waals surface area contributed by atoms with Crippen molar-refractivity contribution < 1.29 is 0 Å². The van der Waals surface area contributed by atoms with Gasteiger partial charge < -0.3 is 11.1 Å². The standard InChI is InChI=1S/C15H26N4O2/c1-9(2)8-19-13(16)12(14(20)18(4)15(19)21)17-11-7-5-6-10(11)3/h9-11,17H,5-8,16H2,1-4H3. The number of aromatic nitrogens is 2. The molecule has 6 nitrogen and oxygen atoms in total. The van der Waals surface area contributed by atoms with Gasteiger partial charge in [0.2, 0.25) is 0 Å². The van der Waals surface area contributed by atoms with E-state index in [0.29, 0.717) is 18.2 Å². The van der Waals surface area contributed by atoms with Gasteiger partial charge in [-0.2, -0.15) is 0 Å². The maximum atomic E-state index is 12.3. The predicted molar refractivity (Wildman–Crippen MR) is 85.6 cm³/mol. The Kier molecular flexibility index (Phi) is 4.44. The van der Waals surface area contributed by atoms with E-state index in [1.807, 2.05) is 13.8 Å². The van der Waals surface area contributed by atoms with Crippen molar-refractivity contribution in [1.82, 2.24) is 9.13 Å². The van der Waals surface area contributed by atoms with Crippen LogP contribution in [0.5, 0.6) is 0 Å². The van der Waals surface area contributed by atoms with Gasteiger partial charge in [-0.05, 0) is 24.7 Å². The summed E-state index contributed by atoms with van der Waals surface area (Å²) in [5.74, 6) is 1.05. The fourth-order valence-electron chi connectivity index (χ4n) is 3.01. The summed E-state index contributed by atoms with van der Waals surface area (Å²) in [6, 6.07) is 0.255. The van der Waals surface area contributed by atoms with Gasteiger partial charge in [0.25, 0.3) is 5.56 Å². The molecular weight excluding hydrogens is 268 g/mol. The van der Waals surface area contributed by atoms with Crippen LogP contribution in [0, 0.1) is 11.8 Å². The lowest BCUT2D eigenvalue weighted by Gasteiger charge is -2.22. The normalized spacial score (nSPS) is 22.0. The Morgan fingerprint density at radius 1 is 1.33 bits per heavy atom. The monoisotopic (exact) mass is 294 g/mol. The van der Waals surface area contributed by atoms with Crippen molar-refractivity contribution in [2.45, 2.75) is 52.6 Å². The van der Waals surface area contributed by atoms with E-state index in [4.69, 9.17) is 5.73 Å². The van der Waals surface area contributed by atoms with Crippen LogP contribution in [-0.4, -0.2) is 15.2 Å². The highest BCUT2D eigenvalue weighted by atomic mass is 16.2. The van der Waals surface area contributed by atoms with Crippen LogP contribution in [0.3, 0.4) is 0 Å². The molecule has 0 bridgehead atoms. The average Bonchev–Trinajstić information content (AvgIpc) is 2.82. The summed E-state index contributed by atoms with van der Waals surface area (Å²) in [4.78, 5) is 24.6. The van der Waals surface area contributed by atoms with Crippen LogP contribution in [-0.2, 0) is 13.6 Å². The molecule has 2 rings (SSSR count). The lowest BCUT2D eigenvalue weighted by atomic mass is 10.1. The van der Waals surface area contributed by atoms with Gasteiger partial charge in [0, 0.05) is 19.6 Å². The fourth-order valence-corrected chi connectivity index (χ4v) is 3.01.